The van der Waals surface area contributed by atoms with Crippen molar-refractivity contribution in [3.63, 3.8) is 0 Å². The molecule has 0 amide bonds. The van der Waals surface area contributed by atoms with Crippen LogP contribution < -0.4 is 10.1 Å². The SMILES string of the molecule is CCOCCCNc1nc(C)cn1-c1ccc(OC)cc1. The van der Waals surface area contributed by atoms with E-state index in [0.29, 0.717) is 0 Å². The van der Waals surface area contributed by atoms with E-state index in [1.807, 2.05) is 44.3 Å². The fourth-order valence-corrected chi connectivity index (χ4v) is 2.08. The summed E-state index contributed by atoms with van der Waals surface area (Å²) in [6, 6.07) is 7.93. The fraction of sp³-hybridized carbons (Fsp3) is 0.438. The third-order valence-corrected chi connectivity index (χ3v) is 3.13. The van der Waals surface area contributed by atoms with Crippen molar-refractivity contribution in [3.8, 4) is 11.4 Å². The maximum Gasteiger partial charge on any atom is 0.207 e. The van der Waals surface area contributed by atoms with E-state index in [0.717, 1.165) is 49.3 Å². The number of methoxy groups -OCH3 is 1. The van der Waals surface area contributed by atoms with Gasteiger partial charge in [-0.2, -0.15) is 0 Å². The molecule has 0 fully saturated rings. The van der Waals surface area contributed by atoms with Gasteiger partial charge < -0.3 is 14.8 Å². The zero-order valence-corrected chi connectivity index (χ0v) is 12.9. The van der Waals surface area contributed by atoms with Crippen LogP contribution in [0.5, 0.6) is 5.75 Å². The molecular formula is C16H23N3O2. The Hall–Kier alpha value is -2.01. The summed E-state index contributed by atoms with van der Waals surface area (Å²) in [4.78, 5) is 4.53. The number of hydrogen-bond acceptors (Lipinski definition) is 4. The molecule has 2 rings (SSSR count). The molecule has 5 nitrogen and oxygen atoms in total. The van der Waals surface area contributed by atoms with Gasteiger partial charge >= 0.3 is 0 Å². The van der Waals surface area contributed by atoms with E-state index in [9.17, 15) is 0 Å². The zero-order valence-electron chi connectivity index (χ0n) is 12.9. The first kappa shape index (κ1) is 15.4. The Balaban J connectivity index is 2.05. The number of hydrogen-bond donors (Lipinski definition) is 1. The number of ether oxygens (including phenoxy) is 2. The summed E-state index contributed by atoms with van der Waals surface area (Å²) >= 11 is 0. The van der Waals surface area contributed by atoms with Gasteiger partial charge in [-0.25, -0.2) is 4.98 Å². The highest BCUT2D eigenvalue weighted by Gasteiger charge is 2.07. The third kappa shape index (κ3) is 4.23. The van der Waals surface area contributed by atoms with Gasteiger partial charge in [0.25, 0.3) is 0 Å². The van der Waals surface area contributed by atoms with Crippen molar-refractivity contribution in [2.75, 3.05) is 32.2 Å². The van der Waals surface area contributed by atoms with Crippen LogP contribution in [0.25, 0.3) is 5.69 Å². The highest BCUT2D eigenvalue weighted by molar-refractivity contribution is 5.45. The summed E-state index contributed by atoms with van der Waals surface area (Å²) in [6.45, 7) is 6.37. The van der Waals surface area contributed by atoms with E-state index in [4.69, 9.17) is 9.47 Å². The van der Waals surface area contributed by atoms with Crippen molar-refractivity contribution < 1.29 is 9.47 Å². The highest BCUT2D eigenvalue weighted by Crippen LogP contribution is 2.19. The molecule has 1 aromatic carbocycles. The summed E-state index contributed by atoms with van der Waals surface area (Å²) in [7, 11) is 1.67. The highest BCUT2D eigenvalue weighted by atomic mass is 16.5. The van der Waals surface area contributed by atoms with Gasteiger partial charge in [0.05, 0.1) is 12.8 Å². The maximum atomic E-state index is 5.34. The van der Waals surface area contributed by atoms with E-state index in [1.54, 1.807) is 7.11 Å². The lowest BCUT2D eigenvalue weighted by molar-refractivity contribution is 0.147. The molecule has 0 bridgehead atoms. The Labute approximate surface area is 125 Å². The number of nitrogens with zero attached hydrogens (tertiary/aromatic N) is 2. The van der Waals surface area contributed by atoms with Crippen molar-refractivity contribution in [1.29, 1.82) is 0 Å². The summed E-state index contributed by atoms with van der Waals surface area (Å²) in [5.41, 5.74) is 2.04. The molecule has 1 heterocycles. The first-order valence-electron chi connectivity index (χ1n) is 7.26. The molecule has 0 radical (unpaired) electrons. The van der Waals surface area contributed by atoms with Crippen LogP contribution in [0.15, 0.2) is 30.5 Å². The van der Waals surface area contributed by atoms with Crippen molar-refractivity contribution in [1.82, 2.24) is 9.55 Å². The average molecular weight is 289 g/mol. The van der Waals surface area contributed by atoms with Gasteiger partial charge in [0.2, 0.25) is 5.95 Å². The Kier molecular flexibility index (Phi) is 5.63. The zero-order chi connectivity index (χ0) is 15.1. The molecule has 21 heavy (non-hydrogen) atoms. The number of aromatic nitrogens is 2. The van der Waals surface area contributed by atoms with Gasteiger partial charge in [0.1, 0.15) is 5.75 Å². The van der Waals surface area contributed by atoms with Crippen LogP contribution in [0.1, 0.15) is 19.0 Å². The maximum absolute atomic E-state index is 5.34. The molecule has 0 unspecified atom stereocenters. The van der Waals surface area contributed by atoms with Crippen molar-refractivity contribution in [2.45, 2.75) is 20.3 Å². The van der Waals surface area contributed by atoms with Crippen LogP contribution >= 0.6 is 0 Å². The second-order valence-corrected chi connectivity index (χ2v) is 4.75. The molecule has 0 aliphatic heterocycles. The van der Waals surface area contributed by atoms with Gasteiger partial charge in [-0.3, -0.25) is 4.57 Å². The van der Waals surface area contributed by atoms with E-state index < -0.39 is 0 Å². The van der Waals surface area contributed by atoms with Gasteiger partial charge in [-0.15, -0.1) is 0 Å². The standard InChI is InChI=1S/C16H23N3O2/c1-4-21-11-5-10-17-16-18-13(2)12-19(16)14-6-8-15(20-3)9-7-14/h6-9,12H,4-5,10-11H2,1-3H3,(H,17,18). The molecule has 0 saturated carbocycles. The van der Waals surface area contributed by atoms with Crippen LogP contribution in [0.4, 0.5) is 5.95 Å². The van der Waals surface area contributed by atoms with Gasteiger partial charge in [-0.05, 0) is 44.5 Å². The number of rotatable bonds is 8. The quantitative estimate of drug-likeness (QED) is 0.759. The van der Waals surface area contributed by atoms with Crippen molar-refractivity contribution >= 4 is 5.95 Å². The largest absolute Gasteiger partial charge is 0.497 e. The molecular weight excluding hydrogens is 266 g/mol. The lowest BCUT2D eigenvalue weighted by Gasteiger charge is -2.10. The second kappa shape index (κ2) is 7.69. The topological polar surface area (TPSA) is 48.3 Å². The summed E-state index contributed by atoms with van der Waals surface area (Å²) in [5.74, 6) is 1.70. The lowest BCUT2D eigenvalue weighted by Crippen LogP contribution is -2.09. The summed E-state index contributed by atoms with van der Waals surface area (Å²) in [5, 5.41) is 3.36. The van der Waals surface area contributed by atoms with Gasteiger partial charge in [0, 0.05) is 31.6 Å². The molecule has 1 N–H and O–H groups in total. The van der Waals surface area contributed by atoms with Crippen molar-refractivity contribution in [3.05, 3.63) is 36.2 Å². The normalized spacial score (nSPS) is 10.6. The molecule has 0 saturated heterocycles. The molecule has 0 aliphatic carbocycles. The van der Waals surface area contributed by atoms with Crippen LogP contribution in [0, 0.1) is 6.92 Å². The number of nitrogens with one attached hydrogen (secondary N) is 1. The molecule has 2 aromatic rings. The fourth-order valence-electron chi connectivity index (χ4n) is 2.08. The van der Waals surface area contributed by atoms with Gasteiger partial charge in [0.15, 0.2) is 0 Å². The van der Waals surface area contributed by atoms with E-state index >= 15 is 0 Å². The average Bonchev–Trinajstić information content (AvgIpc) is 2.88. The number of anilines is 1. The smallest absolute Gasteiger partial charge is 0.207 e. The van der Waals surface area contributed by atoms with Crippen molar-refractivity contribution in [2.24, 2.45) is 0 Å². The van der Waals surface area contributed by atoms with Crippen LogP contribution in [-0.4, -0.2) is 36.4 Å². The minimum absolute atomic E-state index is 0.763. The summed E-state index contributed by atoms with van der Waals surface area (Å²) in [6.07, 6.45) is 2.98. The molecule has 5 heteroatoms. The lowest BCUT2D eigenvalue weighted by atomic mass is 10.3. The molecule has 114 valence electrons. The minimum Gasteiger partial charge on any atom is -0.497 e. The van der Waals surface area contributed by atoms with Gasteiger partial charge in [-0.1, -0.05) is 0 Å². The molecule has 0 spiro atoms. The van der Waals surface area contributed by atoms with Crippen LogP contribution in [0.3, 0.4) is 0 Å². The second-order valence-electron chi connectivity index (χ2n) is 4.75. The third-order valence-electron chi connectivity index (χ3n) is 3.13. The number of aryl methyl sites for hydroxylation is 1. The number of benzene rings is 1. The predicted molar refractivity (Wildman–Crippen MR) is 84.5 cm³/mol. The first-order chi connectivity index (χ1) is 10.2. The van der Waals surface area contributed by atoms with E-state index in [-0.39, 0.29) is 0 Å². The molecule has 0 atom stereocenters. The van der Waals surface area contributed by atoms with E-state index in [2.05, 4.69) is 14.9 Å². The van der Waals surface area contributed by atoms with E-state index in [1.165, 1.54) is 0 Å². The number of imidazole rings is 1. The predicted octanol–water partition coefficient (Wildman–Crippen LogP) is 3.03. The first-order valence-corrected chi connectivity index (χ1v) is 7.26. The summed E-state index contributed by atoms with van der Waals surface area (Å²) < 4.78 is 12.6. The molecule has 1 aromatic heterocycles. The molecule has 0 aliphatic rings. The van der Waals surface area contributed by atoms with Crippen LogP contribution in [0.2, 0.25) is 0 Å². The Morgan fingerprint density at radius 3 is 2.67 bits per heavy atom. The minimum atomic E-state index is 0.763. The Morgan fingerprint density at radius 2 is 2.00 bits per heavy atom. The monoisotopic (exact) mass is 289 g/mol. The Morgan fingerprint density at radius 1 is 1.24 bits per heavy atom. The van der Waals surface area contributed by atoms with Crippen LogP contribution in [-0.2, 0) is 4.74 Å². The Bertz CT molecular complexity index is 549.